The van der Waals surface area contributed by atoms with E-state index in [-0.39, 0.29) is 12.4 Å². The van der Waals surface area contributed by atoms with Crippen LogP contribution < -0.4 is 15.5 Å². The zero-order valence-electron chi connectivity index (χ0n) is 12.6. The number of primary amides is 1. The van der Waals surface area contributed by atoms with Crippen molar-refractivity contribution in [2.75, 3.05) is 0 Å². The van der Waals surface area contributed by atoms with E-state index in [1.807, 2.05) is 18.2 Å². The Hall–Kier alpha value is -3.48. The Labute approximate surface area is 137 Å². The standard InChI is InChI=1S/C17H14N4O3/c18-14(22)11-21-15(12-7-3-1-4-8-12)17(24-20-21)19-16(23)13-9-5-2-6-10-13/h1-10H,11H2,(H2-,18,19,20,22,23). The van der Waals surface area contributed by atoms with Crippen molar-refractivity contribution < 1.29 is 19.1 Å². The summed E-state index contributed by atoms with van der Waals surface area (Å²) < 4.78 is 6.45. The Bertz CT molecular complexity index is 873. The van der Waals surface area contributed by atoms with Crippen LogP contribution in [0.3, 0.4) is 0 Å². The van der Waals surface area contributed by atoms with E-state index in [0.29, 0.717) is 16.8 Å². The van der Waals surface area contributed by atoms with E-state index < -0.39 is 11.8 Å². The molecule has 0 aliphatic rings. The summed E-state index contributed by atoms with van der Waals surface area (Å²) in [5, 5.41) is 16.0. The molecule has 24 heavy (non-hydrogen) atoms. The highest BCUT2D eigenvalue weighted by Crippen LogP contribution is 2.26. The van der Waals surface area contributed by atoms with Gasteiger partial charge in [0, 0.05) is 0 Å². The van der Waals surface area contributed by atoms with Gasteiger partial charge < -0.3 is 10.8 Å². The van der Waals surface area contributed by atoms with Crippen molar-refractivity contribution in [2.45, 2.75) is 6.54 Å². The van der Waals surface area contributed by atoms with Crippen molar-refractivity contribution in [3.63, 3.8) is 0 Å². The lowest BCUT2D eigenvalue weighted by Gasteiger charge is -2.08. The van der Waals surface area contributed by atoms with Crippen LogP contribution in [0.4, 0.5) is 5.88 Å². The summed E-state index contributed by atoms with van der Waals surface area (Å²) in [5.41, 5.74) is 6.78. The van der Waals surface area contributed by atoms with E-state index in [1.165, 1.54) is 4.68 Å². The summed E-state index contributed by atoms with van der Waals surface area (Å²) in [6, 6.07) is 17.7. The van der Waals surface area contributed by atoms with Gasteiger partial charge in [-0.15, -0.1) is 0 Å². The fraction of sp³-hybridized carbons (Fsp3) is 0.0588. The highest BCUT2D eigenvalue weighted by molar-refractivity contribution is 5.92. The van der Waals surface area contributed by atoms with Crippen LogP contribution in [0.2, 0.25) is 0 Å². The predicted octanol–water partition coefficient (Wildman–Crippen LogP) is 0.553. The molecule has 0 aliphatic heterocycles. The van der Waals surface area contributed by atoms with Gasteiger partial charge in [-0.2, -0.15) is 0 Å². The molecule has 120 valence electrons. The topological polar surface area (TPSA) is 108 Å². The average molecular weight is 322 g/mol. The molecule has 3 aromatic rings. The van der Waals surface area contributed by atoms with Gasteiger partial charge in [-0.3, -0.25) is 9.32 Å². The number of nitrogens with zero attached hydrogens (tertiary/aromatic N) is 3. The minimum absolute atomic E-state index is 0.0244. The van der Waals surface area contributed by atoms with E-state index in [2.05, 4.69) is 10.3 Å². The van der Waals surface area contributed by atoms with Gasteiger partial charge in [0.15, 0.2) is 0 Å². The van der Waals surface area contributed by atoms with E-state index in [0.717, 1.165) is 0 Å². The van der Waals surface area contributed by atoms with Crippen LogP contribution in [0.1, 0.15) is 5.56 Å². The normalized spacial score (nSPS) is 11.4. The number of aliphatic imine (C=N–C) groups is 1. The van der Waals surface area contributed by atoms with Crippen molar-refractivity contribution in [1.82, 2.24) is 5.27 Å². The number of nitrogens with two attached hydrogens (primary N) is 1. The third-order valence-electron chi connectivity index (χ3n) is 3.26. The molecule has 0 aliphatic carbocycles. The Morgan fingerprint density at radius 3 is 2.38 bits per heavy atom. The SMILES string of the molecule is NC(=O)C[n+]1noc(N=C([O-])c2ccccc2)c1-c1ccccc1. The molecule has 0 radical (unpaired) electrons. The quantitative estimate of drug-likeness (QED) is 0.420. The smallest absolute Gasteiger partial charge is 0.329 e. The Morgan fingerprint density at radius 1 is 1.12 bits per heavy atom. The molecular formula is C17H14N4O3. The molecule has 0 spiro atoms. The zero-order valence-corrected chi connectivity index (χ0v) is 12.6. The Kier molecular flexibility index (Phi) is 4.33. The lowest BCUT2D eigenvalue weighted by atomic mass is 10.1. The molecular weight excluding hydrogens is 308 g/mol. The molecule has 0 unspecified atom stereocenters. The largest absolute Gasteiger partial charge is 0.858 e. The van der Waals surface area contributed by atoms with Gasteiger partial charge in [0.2, 0.25) is 5.27 Å². The van der Waals surface area contributed by atoms with Crippen molar-refractivity contribution in [3.05, 3.63) is 66.2 Å². The number of hydrogen-bond acceptors (Lipinski definition) is 5. The first-order chi connectivity index (χ1) is 11.6. The van der Waals surface area contributed by atoms with Crippen LogP contribution in [0.15, 0.2) is 70.2 Å². The second-order valence-corrected chi connectivity index (χ2v) is 5.00. The third kappa shape index (κ3) is 3.30. The second kappa shape index (κ2) is 6.74. The molecule has 2 aromatic carbocycles. The second-order valence-electron chi connectivity index (χ2n) is 5.00. The monoisotopic (exact) mass is 322 g/mol. The van der Waals surface area contributed by atoms with Crippen LogP contribution in [0.5, 0.6) is 0 Å². The van der Waals surface area contributed by atoms with E-state index in [1.54, 1.807) is 42.5 Å². The van der Waals surface area contributed by atoms with Crippen LogP contribution in [0, 0.1) is 0 Å². The van der Waals surface area contributed by atoms with Crippen LogP contribution in [-0.4, -0.2) is 17.1 Å². The summed E-state index contributed by atoms with van der Waals surface area (Å²) in [5.74, 6) is -1.02. The number of aromatic nitrogens is 2. The van der Waals surface area contributed by atoms with Crippen LogP contribution in [-0.2, 0) is 11.3 Å². The molecule has 1 aromatic heterocycles. The molecule has 0 atom stereocenters. The Morgan fingerprint density at radius 2 is 1.75 bits per heavy atom. The molecule has 0 bridgehead atoms. The number of carbonyl (C=O) groups is 1. The first-order valence-corrected chi connectivity index (χ1v) is 7.20. The van der Waals surface area contributed by atoms with E-state index >= 15 is 0 Å². The number of amides is 1. The number of rotatable bonds is 5. The molecule has 7 heteroatoms. The first-order valence-electron chi connectivity index (χ1n) is 7.20. The van der Waals surface area contributed by atoms with Gasteiger partial charge in [0.05, 0.1) is 5.56 Å². The average Bonchev–Trinajstić information content (AvgIpc) is 2.98. The van der Waals surface area contributed by atoms with Gasteiger partial charge in [0.1, 0.15) is 0 Å². The maximum Gasteiger partial charge on any atom is 0.329 e. The molecule has 1 amide bonds. The maximum absolute atomic E-state index is 12.3. The minimum Gasteiger partial charge on any atom is -0.858 e. The van der Waals surface area contributed by atoms with Gasteiger partial charge >= 0.3 is 11.6 Å². The highest BCUT2D eigenvalue weighted by atomic mass is 16.5. The molecule has 3 rings (SSSR count). The third-order valence-corrected chi connectivity index (χ3v) is 3.26. The summed E-state index contributed by atoms with van der Waals surface area (Å²) in [7, 11) is 0. The van der Waals surface area contributed by atoms with Crippen LogP contribution in [0.25, 0.3) is 11.3 Å². The Balaban J connectivity index is 2.08. The zero-order chi connectivity index (χ0) is 16.9. The summed E-state index contributed by atoms with van der Waals surface area (Å²) >= 11 is 0. The molecule has 0 saturated carbocycles. The number of benzene rings is 2. The molecule has 7 nitrogen and oxygen atoms in total. The molecule has 2 N–H and O–H groups in total. The fourth-order valence-corrected chi connectivity index (χ4v) is 2.22. The highest BCUT2D eigenvalue weighted by Gasteiger charge is 2.27. The summed E-state index contributed by atoms with van der Waals surface area (Å²) in [6.45, 7) is -0.178. The van der Waals surface area contributed by atoms with Crippen molar-refractivity contribution in [3.8, 4) is 11.3 Å². The van der Waals surface area contributed by atoms with Gasteiger partial charge in [0.25, 0.3) is 12.5 Å². The predicted molar refractivity (Wildman–Crippen MR) is 84.0 cm³/mol. The maximum atomic E-state index is 12.3. The van der Waals surface area contributed by atoms with Gasteiger partial charge in [-0.1, -0.05) is 48.5 Å². The lowest BCUT2D eigenvalue weighted by molar-refractivity contribution is -0.741. The lowest BCUT2D eigenvalue weighted by Crippen LogP contribution is -2.43. The van der Waals surface area contributed by atoms with Crippen molar-refractivity contribution in [1.29, 1.82) is 0 Å². The van der Waals surface area contributed by atoms with Gasteiger partial charge in [-0.05, 0) is 28.3 Å². The fourth-order valence-electron chi connectivity index (χ4n) is 2.22. The summed E-state index contributed by atoms with van der Waals surface area (Å²) in [6.07, 6.45) is 0. The van der Waals surface area contributed by atoms with Gasteiger partial charge in [-0.25, -0.2) is 4.99 Å². The summed E-state index contributed by atoms with van der Waals surface area (Å²) in [4.78, 5) is 15.2. The minimum atomic E-state index is -0.577. The van der Waals surface area contributed by atoms with Crippen LogP contribution >= 0.6 is 0 Å². The van der Waals surface area contributed by atoms with E-state index in [4.69, 9.17) is 10.3 Å². The first kappa shape index (κ1) is 15.4. The van der Waals surface area contributed by atoms with E-state index in [9.17, 15) is 9.90 Å². The number of carbonyl (C=O) groups excluding carboxylic acids is 1. The molecule has 1 heterocycles. The number of hydrogen-bond donors (Lipinski definition) is 1. The van der Waals surface area contributed by atoms with Crippen molar-refractivity contribution >= 4 is 17.7 Å². The molecule has 0 fully saturated rings. The molecule has 0 saturated heterocycles. The van der Waals surface area contributed by atoms with Crippen molar-refractivity contribution in [2.24, 2.45) is 10.7 Å².